The quantitative estimate of drug-likeness (QED) is 0.677. The van der Waals surface area contributed by atoms with E-state index < -0.39 is 12.1 Å². The summed E-state index contributed by atoms with van der Waals surface area (Å²) in [7, 11) is 0. The van der Waals surface area contributed by atoms with E-state index in [0.29, 0.717) is 6.42 Å². The summed E-state index contributed by atoms with van der Waals surface area (Å²) in [6, 6.07) is 0. The van der Waals surface area contributed by atoms with Crippen molar-refractivity contribution in [2.75, 3.05) is 32.8 Å². The third-order valence-corrected chi connectivity index (χ3v) is 2.06. The van der Waals surface area contributed by atoms with Crippen LogP contribution in [0.1, 0.15) is 20.3 Å². The molecule has 1 rings (SSSR count). The molecule has 0 spiro atoms. The standard InChI is InChI=1S/C10H17NO2.C2H4O2/c1-2-10(12)4-3-5-11-6-8-13-9-7-11;1-2(3)4/h10,12H,2,5-9H2,1H3;1H3,(H,3,4). The van der Waals surface area contributed by atoms with Gasteiger partial charge in [-0.1, -0.05) is 18.8 Å². The number of aliphatic hydroxyl groups excluding tert-OH is 1. The Bertz CT molecular complexity index is 259. The van der Waals surface area contributed by atoms with Crippen molar-refractivity contribution in [3.05, 3.63) is 0 Å². The molecular formula is C12H21NO4. The van der Waals surface area contributed by atoms with Gasteiger partial charge in [0.1, 0.15) is 6.10 Å². The van der Waals surface area contributed by atoms with Gasteiger partial charge in [0.05, 0.1) is 19.8 Å². The summed E-state index contributed by atoms with van der Waals surface area (Å²) in [6.07, 6.45) is 0.247. The molecule has 0 bridgehead atoms. The van der Waals surface area contributed by atoms with Crippen molar-refractivity contribution >= 4 is 5.97 Å². The molecule has 0 aromatic carbocycles. The molecular weight excluding hydrogens is 222 g/mol. The number of aliphatic hydroxyl groups is 1. The zero-order chi connectivity index (χ0) is 13.1. The second-order valence-electron chi connectivity index (χ2n) is 3.65. The van der Waals surface area contributed by atoms with Crippen LogP contribution in [0.2, 0.25) is 0 Å². The van der Waals surface area contributed by atoms with Crippen LogP contribution in [0.25, 0.3) is 0 Å². The van der Waals surface area contributed by atoms with Gasteiger partial charge in [-0.3, -0.25) is 9.69 Å². The van der Waals surface area contributed by atoms with Gasteiger partial charge in [-0.05, 0) is 6.42 Å². The highest BCUT2D eigenvalue weighted by Crippen LogP contribution is 1.94. The molecule has 1 saturated heterocycles. The minimum Gasteiger partial charge on any atom is -0.481 e. The molecule has 98 valence electrons. The number of ether oxygens (including phenoxy) is 1. The summed E-state index contributed by atoms with van der Waals surface area (Å²) in [5.41, 5.74) is 0. The summed E-state index contributed by atoms with van der Waals surface area (Å²) in [6.45, 7) is 7.28. The van der Waals surface area contributed by atoms with Gasteiger partial charge in [-0.25, -0.2) is 0 Å². The van der Waals surface area contributed by atoms with Gasteiger partial charge in [-0.2, -0.15) is 0 Å². The molecule has 5 heteroatoms. The summed E-state index contributed by atoms with van der Waals surface area (Å²) in [5.74, 6) is 4.95. The van der Waals surface area contributed by atoms with E-state index in [0.717, 1.165) is 39.8 Å². The first-order valence-electron chi connectivity index (χ1n) is 5.72. The lowest BCUT2D eigenvalue weighted by Crippen LogP contribution is -2.36. The maximum Gasteiger partial charge on any atom is 0.300 e. The van der Waals surface area contributed by atoms with Crippen molar-refractivity contribution in [1.29, 1.82) is 0 Å². The number of aliphatic carboxylic acids is 1. The predicted molar refractivity (Wildman–Crippen MR) is 64.6 cm³/mol. The first-order valence-corrected chi connectivity index (χ1v) is 5.72. The normalized spacial score (nSPS) is 17.1. The zero-order valence-electron chi connectivity index (χ0n) is 10.5. The molecule has 5 nitrogen and oxygen atoms in total. The number of carboxylic acids is 1. The van der Waals surface area contributed by atoms with Crippen LogP contribution in [0.5, 0.6) is 0 Å². The van der Waals surface area contributed by atoms with Crippen LogP contribution >= 0.6 is 0 Å². The van der Waals surface area contributed by atoms with Crippen LogP contribution in [-0.2, 0) is 9.53 Å². The van der Waals surface area contributed by atoms with E-state index >= 15 is 0 Å². The molecule has 1 atom stereocenters. The monoisotopic (exact) mass is 243 g/mol. The zero-order valence-corrected chi connectivity index (χ0v) is 10.5. The number of rotatable bonds is 2. The van der Waals surface area contributed by atoms with Crippen molar-refractivity contribution in [2.45, 2.75) is 26.4 Å². The molecule has 0 aliphatic carbocycles. The van der Waals surface area contributed by atoms with E-state index in [4.69, 9.17) is 14.6 Å². The summed E-state index contributed by atoms with van der Waals surface area (Å²) >= 11 is 0. The smallest absolute Gasteiger partial charge is 0.300 e. The van der Waals surface area contributed by atoms with Crippen LogP contribution in [-0.4, -0.2) is 60.0 Å². The molecule has 0 amide bonds. The van der Waals surface area contributed by atoms with Gasteiger partial charge >= 0.3 is 0 Å². The van der Waals surface area contributed by atoms with Crippen molar-refractivity contribution in [2.24, 2.45) is 0 Å². The summed E-state index contributed by atoms with van der Waals surface area (Å²) in [5, 5.41) is 16.6. The third kappa shape index (κ3) is 11.2. The number of nitrogens with zero attached hydrogens (tertiary/aromatic N) is 1. The fraction of sp³-hybridized carbons (Fsp3) is 0.750. The van der Waals surface area contributed by atoms with Gasteiger partial charge in [0.15, 0.2) is 0 Å². The fourth-order valence-electron chi connectivity index (χ4n) is 1.14. The summed E-state index contributed by atoms with van der Waals surface area (Å²) < 4.78 is 5.21. The van der Waals surface area contributed by atoms with Crippen molar-refractivity contribution in [3.8, 4) is 11.8 Å². The van der Waals surface area contributed by atoms with Crippen LogP contribution in [0.15, 0.2) is 0 Å². The van der Waals surface area contributed by atoms with Crippen LogP contribution in [0, 0.1) is 11.8 Å². The highest BCUT2D eigenvalue weighted by atomic mass is 16.5. The Morgan fingerprint density at radius 1 is 1.47 bits per heavy atom. The number of carboxylic acid groups (broad SMARTS) is 1. The first kappa shape index (κ1) is 15.9. The number of morpholine rings is 1. The van der Waals surface area contributed by atoms with E-state index in [2.05, 4.69) is 16.7 Å². The number of carbonyl (C=O) groups is 1. The van der Waals surface area contributed by atoms with Gasteiger partial charge in [0.25, 0.3) is 5.97 Å². The predicted octanol–water partition coefficient (Wildman–Crippen LogP) is 0.184. The number of hydrogen-bond acceptors (Lipinski definition) is 4. The van der Waals surface area contributed by atoms with Crippen molar-refractivity contribution in [1.82, 2.24) is 4.90 Å². The Balaban J connectivity index is 0.000000557. The first-order chi connectivity index (χ1) is 8.06. The molecule has 0 radical (unpaired) electrons. The van der Waals surface area contributed by atoms with E-state index in [1.165, 1.54) is 0 Å². The molecule has 0 saturated carbocycles. The molecule has 1 aliphatic rings. The minimum atomic E-state index is -0.833. The Labute approximate surface area is 102 Å². The van der Waals surface area contributed by atoms with E-state index in [1.54, 1.807) is 0 Å². The highest BCUT2D eigenvalue weighted by molar-refractivity contribution is 5.62. The molecule has 1 unspecified atom stereocenters. The van der Waals surface area contributed by atoms with Crippen molar-refractivity contribution in [3.63, 3.8) is 0 Å². The van der Waals surface area contributed by atoms with Gasteiger partial charge in [-0.15, -0.1) is 0 Å². The molecule has 0 aromatic rings. The Kier molecular flexibility index (Phi) is 9.44. The Hall–Kier alpha value is -1.09. The fourth-order valence-corrected chi connectivity index (χ4v) is 1.14. The lowest BCUT2D eigenvalue weighted by Gasteiger charge is -2.24. The van der Waals surface area contributed by atoms with Gasteiger partial charge in [0.2, 0.25) is 0 Å². The SMILES string of the molecule is CC(=O)O.CCC(O)C#CCN1CCOCC1. The van der Waals surface area contributed by atoms with Crippen LogP contribution in [0.3, 0.4) is 0 Å². The van der Waals surface area contributed by atoms with E-state index in [1.807, 2.05) is 6.92 Å². The minimum absolute atomic E-state index is 0.457. The Morgan fingerprint density at radius 3 is 2.47 bits per heavy atom. The summed E-state index contributed by atoms with van der Waals surface area (Å²) in [4.78, 5) is 11.2. The maximum absolute atomic E-state index is 9.17. The van der Waals surface area contributed by atoms with Gasteiger partial charge in [0, 0.05) is 20.0 Å². The molecule has 17 heavy (non-hydrogen) atoms. The lowest BCUT2D eigenvalue weighted by atomic mass is 10.3. The van der Waals surface area contributed by atoms with Crippen molar-refractivity contribution < 1.29 is 19.7 Å². The lowest BCUT2D eigenvalue weighted by molar-refractivity contribution is -0.134. The second kappa shape index (κ2) is 10.1. The largest absolute Gasteiger partial charge is 0.481 e. The third-order valence-electron chi connectivity index (χ3n) is 2.06. The molecule has 2 N–H and O–H groups in total. The Morgan fingerprint density at radius 2 is 2.00 bits per heavy atom. The topological polar surface area (TPSA) is 70.0 Å². The van der Waals surface area contributed by atoms with Crippen LogP contribution < -0.4 is 0 Å². The molecule has 1 fully saturated rings. The average Bonchev–Trinajstić information content (AvgIpc) is 2.29. The molecule has 1 aliphatic heterocycles. The highest BCUT2D eigenvalue weighted by Gasteiger charge is 2.07. The van der Waals surface area contributed by atoms with E-state index in [-0.39, 0.29) is 0 Å². The van der Waals surface area contributed by atoms with Gasteiger partial charge < -0.3 is 14.9 Å². The second-order valence-corrected chi connectivity index (χ2v) is 3.65. The molecule has 1 heterocycles. The average molecular weight is 243 g/mol. The van der Waals surface area contributed by atoms with Crippen LogP contribution in [0.4, 0.5) is 0 Å². The number of hydrogen-bond donors (Lipinski definition) is 2. The molecule has 0 aromatic heterocycles. The maximum atomic E-state index is 9.17. The van der Waals surface area contributed by atoms with E-state index in [9.17, 15) is 5.11 Å².